The second-order valence-electron chi connectivity index (χ2n) is 2.40. The maximum absolute atomic E-state index is 5.92. The van der Waals surface area contributed by atoms with Crippen LogP contribution in [0.4, 0.5) is 0 Å². The fraction of sp³-hybridized carbons (Fsp3) is 0. The Labute approximate surface area is 84.4 Å². The Bertz CT molecular complexity index is 477. The maximum atomic E-state index is 5.92. The molecule has 0 aliphatic rings. The van der Waals surface area contributed by atoms with Gasteiger partial charge in [-0.1, -0.05) is 23.7 Å². The summed E-state index contributed by atoms with van der Waals surface area (Å²) in [6.45, 7) is 0. The average molecular weight is 213 g/mol. The third-order valence-corrected chi connectivity index (χ3v) is 2.05. The molecular formula is C8H5ClN2OS. The molecule has 66 valence electrons. The second-order valence-corrected chi connectivity index (χ2v) is 3.18. The maximum Gasteiger partial charge on any atom is 0.284 e. The summed E-state index contributed by atoms with van der Waals surface area (Å²) >= 11 is 10.7. The van der Waals surface area contributed by atoms with Gasteiger partial charge in [-0.15, -0.1) is 5.10 Å². The summed E-state index contributed by atoms with van der Waals surface area (Å²) in [5.74, 6) is 0.413. The van der Waals surface area contributed by atoms with E-state index in [-0.39, 0.29) is 4.84 Å². The van der Waals surface area contributed by atoms with E-state index in [2.05, 4.69) is 10.2 Å². The van der Waals surface area contributed by atoms with Gasteiger partial charge in [-0.05, 0) is 24.4 Å². The van der Waals surface area contributed by atoms with E-state index in [0.29, 0.717) is 10.9 Å². The Balaban J connectivity index is 2.58. The number of hydrogen-bond donors (Lipinski definition) is 1. The molecule has 0 spiro atoms. The standard InChI is InChI=1S/C8H5ClN2OS/c9-6-4-2-1-3-5(6)7-10-11-8(13)12-7/h1-4H,(H,11,13). The first-order chi connectivity index (χ1) is 6.27. The smallest absolute Gasteiger partial charge is 0.284 e. The van der Waals surface area contributed by atoms with Gasteiger partial charge < -0.3 is 4.42 Å². The molecule has 3 nitrogen and oxygen atoms in total. The van der Waals surface area contributed by atoms with Crippen molar-refractivity contribution >= 4 is 23.8 Å². The molecule has 1 heterocycles. The van der Waals surface area contributed by atoms with E-state index in [1.165, 1.54) is 0 Å². The summed E-state index contributed by atoms with van der Waals surface area (Å²) in [4.78, 5) is 0.245. The number of nitrogens with one attached hydrogen (secondary N) is 1. The van der Waals surface area contributed by atoms with Gasteiger partial charge in [0.05, 0.1) is 10.6 Å². The third kappa shape index (κ3) is 1.64. The summed E-state index contributed by atoms with van der Waals surface area (Å²) in [5.41, 5.74) is 0.733. The Morgan fingerprint density at radius 1 is 1.38 bits per heavy atom. The molecule has 0 atom stereocenters. The molecule has 2 aromatic rings. The SMILES string of the molecule is S=c1[nH]nc(-c2ccccc2Cl)o1. The van der Waals surface area contributed by atoms with Crippen LogP contribution in [-0.4, -0.2) is 10.2 Å². The summed E-state index contributed by atoms with van der Waals surface area (Å²) < 4.78 is 5.11. The van der Waals surface area contributed by atoms with E-state index in [1.807, 2.05) is 18.2 Å². The van der Waals surface area contributed by atoms with Crippen LogP contribution in [0.15, 0.2) is 28.7 Å². The molecule has 2 rings (SSSR count). The van der Waals surface area contributed by atoms with Gasteiger partial charge in [-0.25, -0.2) is 5.10 Å². The van der Waals surface area contributed by atoms with Crippen LogP contribution in [0.5, 0.6) is 0 Å². The quantitative estimate of drug-likeness (QED) is 0.739. The fourth-order valence-electron chi connectivity index (χ4n) is 0.980. The first-order valence-corrected chi connectivity index (χ1v) is 4.36. The van der Waals surface area contributed by atoms with E-state index < -0.39 is 0 Å². The minimum Gasteiger partial charge on any atom is -0.409 e. The van der Waals surface area contributed by atoms with Crippen LogP contribution >= 0.6 is 23.8 Å². The zero-order chi connectivity index (χ0) is 9.26. The Hall–Kier alpha value is -1.13. The van der Waals surface area contributed by atoms with Crippen molar-refractivity contribution in [2.24, 2.45) is 0 Å². The molecule has 1 N–H and O–H groups in total. The molecule has 13 heavy (non-hydrogen) atoms. The van der Waals surface area contributed by atoms with Gasteiger partial charge in [-0.2, -0.15) is 0 Å². The zero-order valence-corrected chi connectivity index (χ0v) is 8.02. The van der Waals surface area contributed by atoms with Crippen LogP contribution in [0, 0.1) is 4.84 Å². The normalized spacial score (nSPS) is 10.2. The van der Waals surface area contributed by atoms with Gasteiger partial charge in [0.1, 0.15) is 0 Å². The fourth-order valence-corrected chi connectivity index (χ4v) is 1.32. The molecule has 1 aromatic heterocycles. The highest BCUT2D eigenvalue weighted by Crippen LogP contribution is 2.25. The highest BCUT2D eigenvalue weighted by molar-refractivity contribution is 7.71. The van der Waals surface area contributed by atoms with E-state index in [4.69, 9.17) is 28.2 Å². The van der Waals surface area contributed by atoms with Crippen LogP contribution in [-0.2, 0) is 0 Å². The molecule has 0 aliphatic carbocycles. The van der Waals surface area contributed by atoms with Gasteiger partial charge in [0.2, 0.25) is 5.89 Å². The van der Waals surface area contributed by atoms with Crippen LogP contribution in [0.1, 0.15) is 0 Å². The van der Waals surface area contributed by atoms with Crippen LogP contribution < -0.4 is 0 Å². The average Bonchev–Trinajstić information content (AvgIpc) is 2.53. The van der Waals surface area contributed by atoms with E-state index >= 15 is 0 Å². The topological polar surface area (TPSA) is 41.8 Å². The van der Waals surface area contributed by atoms with Crippen LogP contribution in [0.25, 0.3) is 11.5 Å². The summed E-state index contributed by atoms with van der Waals surface area (Å²) in [6.07, 6.45) is 0. The Morgan fingerprint density at radius 3 is 2.77 bits per heavy atom. The highest BCUT2D eigenvalue weighted by Gasteiger charge is 2.06. The minimum atomic E-state index is 0.245. The zero-order valence-electron chi connectivity index (χ0n) is 6.45. The molecule has 0 saturated heterocycles. The highest BCUT2D eigenvalue weighted by atomic mass is 35.5. The molecule has 1 aromatic carbocycles. The molecule has 0 aliphatic heterocycles. The molecule has 0 radical (unpaired) electrons. The molecule has 5 heteroatoms. The molecule has 0 amide bonds. The predicted molar refractivity (Wildman–Crippen MR) is 52.1 cm³/mol. The Kier molecular flexibility index (Phi) is 2.16. The van der Waals surface area contributed by atoms with Crippen molar-refractivity contribution in [2.75, 3.05) is 0 Å². The molecule has 0 bridgehead atoms. The first-order valence-electron chi connectivity index (χ1n) is 3.58. The van der Waals surface area contributed by atoms with Gasteiger partial charge in [0.15, 0.2) is 0 Å². The van der Waals surface area contributed by atoms with Crippen LogP contribution in [0.2, 0.25) is 5.02 Å². The van der Waals surface area contributed by atoms with Gasteiger partial charge in [-0.3, -0.25) is 0 Å². The largest absolute Gasteiger partial charge is 0.409 e. The van der Waals surface area contributed by atoms with Crippen molar-refractivity contribution < 1.29 is 4.42 Å². The number of aromatic nitrogens is 2. The molecule has 0 unspecified atom stereocenters. The third-order valence-electron chi connectivity index (χ3n) is 1.54. The molecule has 0 fully saturated rings. The van der Waals surface area contributed by atoms with E-state index in [1.54, 1.807) is 6.07 Å². The lowest BCUT2D eigenvalue weighted by Gasteiger charge is -1.95. The number of H-pyrrole nitrogens is 1. The van der Waals surface area contributed by atoms with Crippen molar-refractivity contribution in [3.63, 3.8) is 0 Å². The number of benzene rings is 1. The summed E-state index contributed by atoms with van der Waals surface area (Å²) in [6, 6.07) is 7.28. The van der Waals surface area contributed by atoms with Crippen molar-refractivity contribution in [3.8, 4) is 11.5 Å². The number of halogens is 1. The lowest BCUT2D eigenvalue weighted by molar-refractivity contribution is 0.552. The van der Waals surface area contributed by atoms with Gasteiger partial charge in [0.25, 0.3) is 4.84 Å². The van der Waals surface area contributed by atoms with E-state index in [0.717, 1.165) is 5.56 Å². The minimum absolute atomic E-state index is 0.245. The van der Waals surface area contributed by atoms with Crippen molar-refractivity contribution in [1.29, 1.82) is 0 Å². The number of rotatable bonds is 1. The number of hydrogen-bond acceptors (Lipinski definition) is 3. The molecular weight excluding hydrogens is 208 g/mol. The lowest BCUT2D eigenvalue weighted by atomic mass is 10.2. The number of aromatic amines is 1. The van der Waals surface area contributed by atoms with Crippen molar-refractivity contribution in [1.82, 2.24) is 10.2 Å². The van der Waals surface area contributed by atoms with E-state index in [9.17, 15) is 0 Å². The van der Waals surface area contributed by atoms with Crippen LogP contribution in [0.3, 0.4) is 0 Å². The Morgan fingerprint density at radius 2 is 2.15 bits per heavy atom. The lowest BCUT2D eigenvalue weighted by Crippen LogP contribution is -1.78. The summed E-state index contributed by atoms with van der Waals surface area (Å²) in [5, 5.41) is 6.99. The monoisotopic (exact) mass is 212 g/mol. The predicted octanol–water partition coefficient (Wildman–Crippen LogP) is 3.05. The van der Waals surface area contributed by atoms with Gasteiger partial charge in [0, 0.05) is 0 Å². The summed E-state index contributed by atoms with van der Waals surface area (Å²) in [7, 11) is 0. The second kappa shape index (κ2) is 3.32. The first kappa shape index (κ1) is 8.47. The number of nitrogens with zero attached hydrogens (tertiary/aromatic N) is 1. The van der Waals surface area contributed by atoms with Crippen molar-refractivity contribution in [2.45, 2.75) is 0 Å². The molecule has 0 saturated carbocycles. The van der Waals surface area contributed by atoms with Gasteiger partial charge >= 0.3 is 0 Å². The van der Waals surface area contributed by atoms with Crippen molar-refractivity contribution in [3.05, 3.63) is 34.1 Å².